The van der Waals surface area contributed by atoms with E-state index in [0.29, 0.717) is 13.1 Å². The van der Waals surface area contributed by atoms with Crippen LogP contribution in [0, 0.1) is 0 Å². The van der Waals surface area contributed by atoms with Crippen LogP contribution < -0.4 is 5.32 Å². The first-order valence-corrected chi connectivity index (χ1v) is 9.29. The largest absolute Gasteiger partial charge is 0.367 e. The van der Waals surface area contributed by atoms with E-state index in [1.54, 1.807) is 10.5 Å². The van der Waals surface area contributed by atoms with Gasteiger partial charge in [-0.05, 0) is 24.5 Å². The Labute approximate surface area is 136 Å². The highest BCUT2D eigenvalue weighted by atomic mass is 32.2. The SMILES string of the molecule is O=S(=O)(Cc1ccccc1)N1CCC(Nc2ccncn2)CC1. The first kappa shape index (κ1) is 15.9. The molecule has 1 aromatic heterocycles. The summed E-state index contributed by atoms with van der Waals surface area (Å²) in [6, 6.07) is 11.4. The molecule has 0 bridgehead atoms. The van der Waals surface area contributed by atoms with Crippen LogP contribution in [0.2, 0.25) is 0 Å². The predicted molar refractivity (Wildman–Crippen MR) is 89.3 cm³/mol. The molecule has 0 atom stereocenters. The smallest absolute Gasteiger partial charge is 0.218 e. The van der Waals surface area contributed by atoms with Crippen LogP contribution in [-0.4, -0.2) is 41.8 Å². The molecule has 0 aliphatic carbocycles. The van der Waals surface area contributed by atoms with Crippen molar-refractivity contribution in [3.05, 3.63) is 54.5 Å². The second-order valence-electron chi connectivity index (χ2n) is 5.65. The quantitative estimate of drug-likeness (QED) is 0.905. The lowest BCUT2D eigenvalue weighted by Gasteiger charge is -2.31. The normalized spacial score (nSPS) is 17.0. The molecule has 6 nitrogen and oxygen atoms in total. The van der Waals surface area contributed by atoms with Crippen LogP contribution in [0.25, 0.3) is 0 Å². The van der Waals surface area contributed by atoms with Gasteiger partial charge in [-0.2, -0.15) is 0 Å². The van der Waals surface area contributed by atoms with Gasteiger partial charge >= 0.3 is 0 Å². The lowest BCUT2D eigenvalue weighted by molar-refractivity contribution is 0.329. The van der Waals surface area contributed by atoms with Crippen LogP contribution >= 0.6 is 0 Å². The summed E-state index contributed by atoms with van der Waals surface area (Å²) in [6.45, 7) is 1.08. The Balaban J connectivity index is 1.56. The van der Waals surface area contributed by atoms with E-state index >= 15 is 0 Å². The Kier molecular flexibility index (Phi) is 4.88. The number of benzene rings is 1. The average molecular weight is 332 g/mol. The van der Waals surface area contributed by atoms with Gasteiger partial charge in [0.2, 0.25) is 10.0 Å². The highest BCUT2D eigenvalue weighted by molar-refractivity contribution is 7.88. The second kappa shape index (κ2) is 7.06. The van der Waals surface area contributed by atoms with Gasteiger partial charge in [0.1, 0.15) is 12.1 Å². The summed E-state index contributed by atoms with van der Waals surface area (Å²) in [6.07, 6.45) is 4.74. The molecule has 1 fully saturated rings. The van der Waals surface area contributed by atoms with E-state index in [-0.39, 0.29) is 11.8 Å². The maximum Gasteiger partial charge on any atom is 0.218 e. The molecule has 0 spiro atoms. The van der Waals surface area contributed by atoms with E-state index in [4.69, 9.17) is 0 Å². The maximum atomic E-state index is 12.5. The average Bonchev–Trinajstić information content (AvgIpc) is 2.57. The number of sulfonamides is 1. The molecule has 2 heterocycles. The van der Waals surface area contributed by atoms with Gasteiger partial charge in [-0.1, -0.05) is 30.3 Å². The van der Waals surface area contributed by atoms with Crippen LogP contribution in [0.15, 0.2) is 48.9 Å². The van der Waals surface area contributed by atoms with Gasteiger partial charge in [-0.25, -0.2) is 22.7 Å². The Morgan fingerprint density at radius 3 is 2.52 bits per heavy atom. The van der Waals surface area contributed by atoms with Crippen LogP contribution in [0.4, 0.5) is 5.82 Å². The van der Waals surface area contributed by atoms with Crippen LogP contribution in [-0.2, 0) is 15.8 Å². The van der Waals surface area contributed by atoms with Crippen LogP contribution in [0.5, 0.6) is 0 Å². The molecule has 1 aromatic carbocycles. The van der Waals surface area contributed by atoms with Crippen molar-refractivity contribution in [2.24, 2.45) is 0 Å². The van der Waals surface area contributed by atoms with Crippen molar-refractivity contribution in [1.82, 2.24) is 14.3 Å². The van der Waals surface area contributed by atoms with Gasteiger partial charge < -0.3 is 5.32 Å². The van der Waals surface area contributed by atoms with Crippen molar-refractivity contribution in [1.29, 1.82) is 0 Å². The number of anilines is 1. The highest BCUT2D eigenvalue weighted by Crippen LogP contribution is 2.19. The molecule has 0 amide bonds. The van der Waals surface area contributed by atoms with Crippen molar-refractivity contribution in [2.45, 2.75) is 24.6 Å². The minimum absolute atomic E-state index is 0.0673. The van der Waals surface area contributed by atoms with E-state index in [0.717, 1.165) is 24.2 Å². The summed E-state index contributed by atoms with van der Waals surface area (Å²) in [4.78, 5) is 8.03. The Bertz CT molecular complexity index is 714. The fourth-order valence-electron chi connectivity index (χ4n) is 2.74. The minimum Gasteiger partial charge on any atom is -0.367 e. The molecule has 0 saturated carbocycles. The van der Waals surface area contributed by atoms with Crippen LogP contribution in [0.3, 0.4) is 0 Å². The van der Waals surface area contributed by atoms with Crippen molar-refractivity contribution in [3.8, 4) is 0 Å². The van der Waals surface area contributed by atoms with E-state index in [2.05, 4.69) is 15.3 Å². The fraction of sp³-hybridized carbons (Fsp3) is 0.375. The van der Waals surface area contributed by atoms with Crippen molar-refractivity contribution >= 4 is 15.8 Å². The zero-order chi connectivity index (χ0) is 16.1. The molecule has 0 unspecified atom stereocenters. The van der Waals surface area contributed by atoms with Gasteiger partial charge in [0.15, 0.2) is 0 Å². The number of hydrogen-bond acceptors (Lipinski definition) is 5. The second-order valence-corrected chi connectivity index (χ2v) is 7.62. The molecule has 1 saturated heterocycles. The topological polar surface area (TPSA) is 75.2 Å². The van der Waals surface area contributed by atoms with Gasteiger partial charge in [-0.3, -0.25) is 0 Å². The van der Waals surface area contributed by atoms with Gasteiger partial charge in [0.05, 0.1) is 5.75 Å². The van der Waals surface area contributed by atoms with Crippen molar-refractivity contribution < 1.29 is 8.42 Å². The minimum atomic E-state index is -3.25. The van der Waals surface area contributed by atoms with Gasteiger partial charge in [0, 0.05) is 25.3 Å². The standard InChI is InChI=1S/C16H20N4O2S/c21-23(22,12-14-4-2-1-3-5-14)20-10-7-15(8-11-20)19-16-6-9-17-13-18-16/h1-6,9,13,15H,7-8,10-12H2,(H,17,18,19). The number of hydrogen-bond donors (Lipinski definition) is 1. The molecule has 1 aliphatic heterocycles. The molecule has 1 N–H and O–H groups in total. The zero-order valence-electron chi connectivity index (χ0n) is 12.8. The molecule has 23 heavy (non-hydrogen) atoms. The number of piperidine rings is 1. The summed E-state index contributed by atoms with van der Waals surface area (Å²) in [7, 11) is -3.25. The molecular formula is C16H20N4O2S. The van der Waals surface area contributed by atoms with Gasteiger partial charge in [0.25, 0.3) is 0 Å². The summed E-state index contributed by atoms with van der Waals surface area (Å²) >= 11 is 0. The molecule has 3 rings (SSSR count). The molecule has 1 aliphatic rings. The molecule has 2 aromatic rings. The molecule has 7 heteroatoms. The lowest BCUT2D eigenvalue weighted by atomic mass is 10.1. The number of rotatable bonds is 5. The number of nitrogens with one attached hydrogen (secondary N) is 1. The predicted octanol–water partition coefficient (Wildman–Crippen LogP) is 1.88. The summed E-state index contributed by atoms with van der Waals surface area (Å²) < 4.78 is 26.6. The fourth-order valence-corrected chi connectivity index (χ4v) is 4.30. The molecular weight excluding hydrogens is 312 g/mol. The molecule has 0 radical (unpaired) electrons. The monoisotopic (exact) mass is 332 g/mol. The highest BCUT2D eigenvalue weighted by Gasteiger charge is 2.28. The Morgan fingerprint density at radius 1 is 1.13 bits per heavy atom. The third-order valence-corrected chi connectivity index (χ3v) is 5.82. The van der Waals surface area contributed by atoms with E-state index in [1.165, 1.54) is 6.33 Å². The summed E-state index contributed by atoms with van der Waals surface area (Å²) in [5.74, 6) is 0.850. The lowest BCUT2D eigenvalue weighted by Crippen LogP contribution is -2.42. The molecule has 122 valence electrons. The van der Waals surface area contributed by atoms with Crippen molar-refractivity contribution in [2.75, 3.05) is 18.4 Å². The van der Waals surface area contributed by atoms with E-state index in [1.807, 2.05) is 36.4 Å². The first-order chi connectivity index (χ1) is 11.1. The Morgan fingerprint density at radius 2 is 1.87 bits per heavy atom. The third kappa shape index (κ3) is 4.27. The summed E-state index contributed by atoms with van der Waals surface area (Å²) in [5.41, 5.74) is 0.828. The zero-order valence-corrected chi connectivity index (χ0v) is 13.6. The van der Waals surface area contributed by atoms with E-state index < -0.39 is 10.0 Å². The Hall–Kier alpha value is -1.99. The summed E-state index contributed by atoms with van der Waals surface area (Å²) in [5, 5.41) is 3.33. The van der Waals surface area contributed by atoms with Crippen LogP contribution in [0.1, 0.15) is 18.4 Å². The van der Waals surface area contributed by atoms with Crippen molar-refractivity contribution in [3.63, 3.8) is 0 Å². The van der Waals surface area contributed by atoms with Gasteiger partial charge in [-0.15, -0.1) is 0 Å². The first-order valence-electron chi connectivity index (χ1n) is 7.68. The number of aromatic nitrogens is 2. The third-order valence-electron chi connectivity index (χ3n) is 3.97. The van der Waals surface area contributed by atoms with E-state index in [9.17, 15) is 8.42 Å². The maximum absolute atomic E-state index is 12.5. The number of nitrogens with zero attached hydrogens (tertiary/aromatic N) is 3.